The van der Waals surface area contributed by atoms with Crippen LogP contribution in [0.15, 0.2) is 16.1 Å². The molecule has 4 heteroatoms. The minimum Gasteiger partial charge on any atom is -0.297 e. The summed E-state index contributed by atoms with van der Waals surface area (Å²) in [4.78, 5) is 28.8. The number of rotatable bonds is 4. The molecule has 0 aliphatic heterocycles. The fraction of sp³-hybridized carbons (Fsp3) is 0.231. The molecule has 0 radical (unpaired) electrons. The number of carbonyl (C=O) groups excluding carboxylic acids is 2. The van der Waals surface area contributed by atoms with Gasteiger partial charge >= 0.3 is 0 Å². The number of carbonyl (C=O) groups is 2. The maximum absolute atomic E-state index is 10.3. The molecule has 0 aliphatic rings. The van der Waals surface area contributed by atoms with Gasteiger partial charge in [0.05, 0.1) is 23.8 Å². The van der Waals surface area contributed by atoms with Crippen molar-refractivity contribution >= 4 is 36.4 Å². The van der Waals surface area contributed by atoms with Crippen LogP contribution >= 0.6 is 0 Å². The summed E-state index contributed by atoms with van der Waals surface area (Å²) in [5.41, 5.74) is 4.26. The van der Waals surface area contributed by atoms with Crippen LogP contribution in [0, 0.1) is 20.8 Å². The lowest BCUT2D eigenvalue weighted by molar-refractivity contribution is -0.103. The lowest BCUT2D eigenvalue weighted by Gasteiger charge is -2.10. The molecule has 0 amide bonds. The zero-order valence-corrected chi connectivity index (χ0v) is 10.1. The predicted octanol–water partition coefficient (Wildman–Crippen LogP) is 2.41. The molecule has 0 unspecified atom stereocenters. The molecule has 1 rings (SSSR count). The van der Waals surface area contributed by atoms with Crippen molar-refractivity contribution < 1.29 is 9.59 Å². The number of benzene rings is 1. The van der Waals surface area contributed by atoms with Crippen LogP contribution < -0.4 is 0 Å². The van der Waals surface area contributed by atoms with Crippen LogP contribution in [0.5, 0.6) is 0 Å². The smallest absolute Gasteiger partial charge is 0.161 e. The summed E-state index contributed by atoms with van der Waals surface area (Å²) >= 11 is 0. The second kappa shape index (κ2) is 5.84. The third-order valence-corrected chi connectivity index (χ3v) is 2.42. The van der Waals surface area contributed by atoms with Gasteiger partial charge < -0.3 is 0 Å². The lowest BCUT2D eigenvalue weighted by atomic mass is 10.0. The van der Waals surface area contributed by atoms with Crippen LogP contribution in [0.2, 0.25) is 0 Å². The highest BCUT2D eigenvalue weighted by Gasteiger charge is 2.08. The van der Waals surface area contributed by atoms with Gasteiger partial charge in [0.15, 0.2) is 12.6 Å². The predicted molar refractivity (Wildman–Crippen MR) is 69.1 cm³/mol. The first-order valence-corrected chi connectivity index (χ1v) is 5.18. The SMILES string of the molecule is Cc1cc(C)c(N=CC=O)c(C)c1N=CC=O. The van der Waals surface area contributed by atoms with Gasteiger partial charge in [-0.1, -0.05) is 6.07 Å². The molecule has 0 fully saturated rings. The summed E-state index contributed by atoms with van der Waals surface area (Å²) in [6.45, 7) is 5.71. The minimum atomic E-state index is 0.632. The zero-order chi connectivity index (χ0) is 12.8. The van der Waals surface area contributed by atoms with E-state index < -0.39 is 0 Å². The first kappa shape index (κ1) is 13.0. The van der Waals surface area contributed by atoms with Gasteiger partial charge in [-0.15, -0.1) is 0 Å². The van der Waals surface area contributed by atoms with Gasteiger partial charge in [-0.05, 0) is 31.9 Å². The molecule has 0 N–H and O–H groups in total. The van der Waals surface area contributed by atoms with Crippen molar-refractivity contribution in [3.8, 4) is 0 Å². The average molecular weight is 230 g/mol. The van der Waals surface area contributed by atoms with E-state index in [4.69, 9.17) is 0 Å². The van der Waals surface area contributed by atoms with Crippen molar-refractivity contribution in [1.29, 1.82) is 0 Å². The molecule has 1 aromatic carbocycles. The Labute approximate surface area is 100 Å². The molecular formula is C13H14N2O2. The first-order valence-electron chi connectivity index (χ1n) is 5.18. The van der Waals surface area contributed by atoms with E-state index in [-0.39, 0.29) is 0 Å². The second-order valence-corrected chi connectivity index (χ2v) is 3.66. The highest BCUT2D eigenvalue weighted by Crippen LogP contribution is 2.34. The first-order chi connectivity index (χ1) is 8.11. The van der Waals surface area contributed by atoms with Gasteiger partial charge in [0.25, 0.3) is 0 Å². The Balaban J connectivity index is 3.41. The normalized spacial score (nSPS) is 11.2. The maximum Gasteiger partial charge on any atom is 0.161 e. The lowest BCUT2D eigenvalue weighted by Crippen LogP contribution is -1.88. The van der Waals surface area contributed by atoms with E-state index in [9.17, 15) is 9.59 Å². The fourth-order valence-electron chi connectivity index (χ4n) is 1.77. The van der Waals surface area contributed by atoms with Crippen LogP contribution in [0.4, 0.5) is 11.4 Å². The van der Waals surface area contributed by atoms with Crippen molar-refractivity contribution in [1.82, 2.24) is 0 Å². The zero-order valence-electron chi connectivity index (χ0n) is 10.1. The maximum atomic E-state index is 10.3. The van der Waals surface area contributed by atoms with Gasteiger partial charge in [-0.3, -0.25) is 19.6 Å². The van der Waals surface area contributed by atoms with E-state index >= 15 is 0 Å². The Morgan fingerprint density at radius 3 is 1.65 bits per heavy atom. The minimum absolute atomic E-state index is 0.632. The van der Waals surface area contributed by atoms with E-state index in [2.05, 4.69) is 9.98 Å². The van der Waals surface area contributed by atoms with Gasteiger partial charge in [-0.25, -0.2) is 0 Å². The summed E-state index contributed by atoms with van der Waals surface area (Å²) < 4.78 is 0. The summed E-state index contributed by atoms with van der Waals surface area (Å²) in [6.07, 6.45) is 3.68. The van der Waals surface area contributed by atoms with Crippen LogP contribution in [0.1, 0.15) is 16.7 Å². The molecular weight excluding hydrogens is 216 g/mol. The topological polar surface area (TPSA) is 58.9 Å². The number of aliphatic imine (C=N–C) groups is 2. The van der Waals surface area contributed by atoms with Crippen LogP contribution in [-0.2, 0) is 9.59 Å². The van der Waals surface area contributed by atoms with Gasteiger partial charge in [0.1, 0.15) is 0 Å². The Hall–Kier alpha value is -2.10. The quantitative estimate of drug-likeness (QED) is 0.589. The number of aryl methyl sites for hydroxylation is 2. The monoisotopic (exact) mass is 230 g/mol. The summed E-state index contributed by atoms with van der Waals surface area (Å²) in [5.74, 6) is 0. The van der Waals surface area contributed by atoms with E-state index in [0.717, 1.165) is 28.1 Å². The van der Waals surface area contributed by atoms with Crippen molar-refractivity contribution in [2.24, 2.45) is 9.98 Å². The van der Waals surface area contributed by atoms with E-state index in [1.165, 1.54) is 12.4 Å². The average Bonchev–Trinajstić information content (AvgIpc) is 2.28. The molecule has 0 saturated heterocycles. The van der Waals surface area contributed by atoms with Gasteiger partial charge in [0, 0.05) is 5.56 Å². The summed E-state index contributed by atoms with van der Waals surface area (Å²) in [7, 11) is 0. The summed E-state index contributed by atoms with van der Waals surface area (Å²) in [5, 5.41) is 0. The van der Waals surface area contributed by atoms with Crippen molar-refractivity contribution in [3.05, 3.63) is 22.8 Å². The van der Waals surface area contributed by atoms with E-state index in [0.29, 0.717) is 12.6 Å². The number of aldehydes is 2. The molecule has 0 saturated carbocycles. The van der Waals surface area contributed by atoms with Crippen LogP contribution in [0.25, 0.3) is 0 Å². The van der Waals surface area contributed by atoms with Crippen molar-refractivity contribution in [2.75, 3.05) is 0 Å². The highest BCUT2D eigenvalue weighted by atomic mass is 16.1. The van der Waals surface area contributed by atoms with E-state index in [1.54, 1.807) is 0 Å². The third-order valence-electron chi connectivity index (χ3n) is 2.42. The molecule has 4 nitrogen and oxygen atoms in total. The molecule has 0 aromatic heterocycles. The van der Waals surface area contributed by atoms with Crippen LogP contribution in [0.3, 0.4) is 0 Å². The molecule has 0 heterocycles. The standard InChI is InChI=1S/C13H14N2O2/c1-9-8-10(2)13(15-5-7-17)11(3)12(9)14-4-6-16/h4-8H,1-3H3. The Kier molecular flexibility index (Phi) is 4.46. The second-order valence-electron chi connectivity index (χ2n) is 3.66. The fourth-order valence-corrected chi connectivity index (χ4v) is 1.77. The van der Waals surface area contributed by atoms with Crippen molar-refractivity contribution in [2.45, 2.75) is 20.8 Å². The molecule has 0 aliphatic carbocycles. The molecule has 88 valence electrons. The Morgan fingerprint density at radius 1 is 0.882 bits per heavy atom. The molecule has 17 heavy (non-hydrogen) atoms. The molecule has 0 bridgehead atoms. The molecule has 0 atom stereocenters. The van der Waals surface area contributed by atoms with Gasteiger partial charge in [0.2, 0.25) is 0 Å². The largest absolute Gasteiger partial charge is 0.297 e. The van der Waals surface area contributed by atoms with E-state index in [1.807, 2.05) is 26.8 Å². The summed E-state index contributed by atoms with van der Waals surface area (Å²) in [6, 6.07) is 1.93. The number of hydrogen-bond acceptors (Lipinski definition) is 4. The van der Waals surface area contributed by atoms with Gasteiger partial charge in [-0.2, -0.15) is 0 Å². The Morgan fingerprint density at radius 2 is 1.29 bits per heavy atom. The molecule has 0 spiro atoms. The highest BCUT2D eigenvalue weighted by molar-refractivity contribution is 6.14. The molecule has 1 aromatic rings. The Bertz CT molecular complexity index is 460. The van der Waals surface area contributed by atoms with Crippen molar-refractivity contribution in [3.63, 3.8) is 0 Å². The third kappa shape index (κ3) is 2.93. The number of nitrogens with zero attached hydrogens (tertiary/aromatic N) is 2. The van der Waals surface area contributed by atoms with Crippen LogP contribution in [-0.4, -0.2) is 25.0 Å². The number of hydrogen-bond donors (Lipinski definition) is 0.